The summed E-state index contributed by atoms with van der Waals surface area (Å²) in [6.07, 6.45) is 2.06. The number of hydrazine groups is 1. The van der Waals surface area contributed by atoms with Gasteiger partial charge in [-0.2, -0.15) is 0 Å². The Hall–Kier alpha value is -3.61. The molecule has 7 nitrogen and oxygen atoms in total. The van der Waals surface area contributed by atoms with Gasteiger partial charge >= 0.3 is 0 Å². The third kappa shape index (κ3) is 3.98. The molecule has 0 spiro atoms. The minimum absolute atomic E-state index is 0.142. The molecule has 0 atom stereocenters. The molecule has 1 heterocycles. The van der Waals surface area contributed by atoms with Crippen molar-refractivity contribution in [3.8, 4) is 0 Å². The van der Waals surface area contributed by atoms with Crippen LogP contribution in [0.15, 0.2) is 54.7 Å². The fourth-order valence-corrected chi connectivity index (χ4v) is 2.76. The Morgan fingerprint density at radius 3 is 2.48 bits per heavy atom. The minimum Gasteiger partial charge on any atom is -0.350 e. The van der Waals surface area contributed by atoms with Gasteiger partial charge < -0.3 is 9.88 Å². The third-order valence-corrected chi connectivity index (χ3v) is 4.16. The van der Waals surface area contributed by atoms with Crippen molar-refractivity contribution >= 4 is 34.3 Å². The molecule has 3 N–H and O–H groups in total. The highest BCUT2D eigenvalue weighted by molar-refractivity contribution is 6.08. The Morgan fingerprint density at radius 2 is 1.70 bits per heavy atom. The van der Waals surface area contributed by atoms with Gasteiger partial charge in [-0.3, -0.25) is 25.2 Å². The Balaban J connectivity index is 1.69. The van der Waals surface area contributed by atoms with Crippen LogP contribution in [0.3, 0.4) is 0 Å². The first-order valence-electron chi connectivity index (χ1n) is 8.54. The summed E-state index contributed by atoms with van der Waals surface area (Å²) in [7, 11) is 1.85. The predicted octanol–water partition coefficient (Wildman–Crippen LogP) is 2.60. The van der Waals surface area contributed by atoms with Crippen LogP contribution in [-0.2, 0) is 11.8 Å². The maximum absolute atomic E-state index is 12.5. The van der Waals surface area contributed by atoms with Crippen LogP contribution in [0.1, 0.15) is 34.1 Å². The van der Waals surface area contributed by atoms with Crippen LogP contribution in [0.2, 0.25) is 0 Å². The first-order chi connectivity index (χ1) is 13.0. The van der Waals surface area contributed by atoms with Crippen molar-refractivity contribution in [2.45, 2.75) is 13.3 Å². The third-order valence-electron chi connectivity index (χ3n) is 4.16. The van der Waals surface area contributed by atoms with Crippen molar-refractivity contribution < 1.29 is 14.4 Å². The zero-order chi connectivity index (χ0) is 19.4. The van der Waals surface area contributed by atoms with E-state index in [1.165, 1.54) is 0 Å². The van der Waals surface area contributed by atoms with Crippen LogP contribution >= 0.6 is 0 Å². The van der Waals surface area contributed by atoms with Crippen molar-refractivity contribution in [2.75, 3.05) is 5.32 Å². The number of nitrogens with zero attached hydrogens (tertiary/aromatic N) is 1. The number of rotatable bonds is 4. The summed E-state index contributed by atoms with van der Waals surface area (Å²) in [5.41, 5.74) is 7.08. The number of hydrogen-bond donors (Lipinski definition) is 3. The Morgan fingerprint density at radius 1 is 0.963 bits per heavy atom. The zero-order valence-corrected chi connectivity index (χ0v) is 15.1. The lowest BCUT2D eigenvalue weighted by Gasteiger charge is -2.09. The lowest BCUT2D eigenvalue weighted by Crippen LogP contribution is -2.41. The number of para-hydroxylation sites is 1. The van der Waals surface area contributed by atoms with Crippen molar-refractivity contribution in [3.63, 3.8) is 0 Å². The topological polar surface area (TPSA) is 92.2 Å². The van der Waals surface area contributed by atoms with E-state index in [-0.39, 0.29) is 5.91 Å². The van der Waals surface area contributed by atoms with Crippen LogP contribution in [-0.4, -0.2) is 22.3 Å². The van der Waals surface area contributed by atoms with E-state index in [0.29, 0.717) is 23.2 Å². The molecule has 3 aromatic rings. The Kier molecular flexibility index (Phi) is 5.21. The first-order valence-corrected chi connectivity index (χ1v) is 8.54. The quantitative estimate of drug-likeness (QED) is 0.621. The van der Waals surface area contributed by atoms with Gasteiger partial charge in [-0.05, 0) is 24.3 Å². The number of anilines is 1. The van der Waals surface area contributed by atoms with Crippen molar-refractivity contribution in [2.24, 2.45) is 7.05 Å². The average molecular weight is 364 g/mol. The van der Waals surface area contributed by atoms with Gasteiger partial charge in [0.2, 0.25) is 5.91 Å². The highest BCUT2D eigenvalue weighted by Gasteiger charge is 2.15. The van der Waals surface area contributed by atoms with Crippen LogP contribution in [0, 0.1) is 0 Å². The normalized spacial score (nSPS) is 10.4. The van der Waals surface area contributed by atoms with E-state index in [1.807, 2.05) is 35.9 Å². The summed E-state index contributed by atoms with van der Waals surface area (Å²) in [6, 6.07) is 14.0. The van der Waals surface area contributed by atoms with E-state index in [2.05, 4.69) is 16.2 Å². The number of benzene rings is 2. The highest BCUT2D eigenvalue weighted by Crippen LogP contribution is 2.20. The first kappa shape index (κ1) is 18.2. The Bertz CT molecular complexity index is 1020. The van der Waals surface area contributed by atoms with E-state index >= 15 is 0 Å². The number of carbonyl (C=O) groups is 3. The minimum atomic E-state index is -0.476. The molecular formula is C20H20N4O3. The van der Waals surface area contributed by atoms with Crippen LogP contribution in [0.4, 0.5) is 5.69 Å². The number of fused-ring (bicyclic) bond motifs is 1. The zero-order valence-electron chi connectivity index (χ0n) is 15.1. The van der Waals surface area contributed by atoms with E-state index in [4.69, 9.17) is 0 Å². The molecule has 3 rings (SSSR count). The molecule has 0 saturated carbocycles. The Labute approximate surface area is 156 Å². The van der Waals surface area contributed by atoms with E-state index in [1.54, 1.807) is 37.4 Å². The molecule has 3 amide bonds. The fraction of sp³-hybridized carbons (Fsp3) is 0.150. The molecule has 138 valence electrons. The standard InChI is InChI=1S/C20H20N4O3/c1-3-18(25)21-14-8-6-7-13(11-14)19(26)22-23-20(27)16-12-24(2)17-10-5-4-9-15(16)17/h4-12H,3H2,1-2H3,(H,21,25)(H,22,26)(H,23,27). The summed E-state index contributed by atoms with van der Waals surface area (Å²) < 4.78 is 1.85. The molecule has 2 aromatic carbocycles. The van der Waals surface area contributed by atoms with Crippen LogP contribution in [0.25, 0.3) is 10.9 Å². The summed E-state index contributed by atoms with van der Waals surface area (Å²) in [6.45, 7) is 1.74. The molecule has 0 saturated heterocycles. The van der Waals surface area contributed by atoms with Crippen molar-refractivity contribution in [3.05, 3.63) is 65.9 Å². The van der Waals surface area contributed by atoms with Crippen LogP contribution < -0.4 is 16.2 Å². The molecule has 0 bridgehead atoms. The maximum Gasteiger partial charge on any atom is 0.271 e. The number of aryl methyl sites for hydroxylation is 1. The number of hydrogen-bond acceptors (Lipinski definition) is 3. The van der Waals surface area contributed by atoms with Gasteiger partial charge in [-0.25, -0.2) is 0 Å². The predicted molar refractivity (Wildman–Crippen MR) is 103 cm³/mol. The summed E-state index contributed by atoms with van der Waals surface area (Å²) >= 11 is 0. The van der Waals surface area contributed by atoms with Gasteiger partial charge in [0.25, 0.3) is 11.8 Å². The lowest BCUT2D eigenvalue weighted by molar-refractivity contribution is -0.115. The molecule has 0 radical (unpaired) electrons. The molecule has 27 heavy (non-hydrogen) atoms. The SMILES string of the molecule is CCC(=O)Nc1cccc(C(=O)NNC(=O)c2cn(C)c3ccccc23)c1. The molecule has 0 fully saturated rings. The summed E-state index contributed by atoms with van der Waals surface area (Å²) in [4.78, 5) is 36.2. The molecule has 0 aliphatic heterocycles. The average Bonchev–Trinajstić information content (AvgIpc) is 3.03. The second kappa shape index (κ2) is 7.74. The fourth-order valence-electron chi connectivity index (χ4n) is 2.76. The van der Waals surface area contributed by atoms with Crippen LogP contribution in [0.5, 0.6) is 0 Å². The van der Waals surface area contributed by atoms with Gasteiger partial charge in [0.15, 0.2) is 0 Å². The van der Waals surface area contributed by atoms with Gasteiger partial charge in [-0.1, -0.05) is 31.2 Å². The molecule has 7 heteroatoms. The van der Waals surface area contributed by atoms with Gasteiger partial charge in [0.05, 0.1) is 5.56 Å². The van der Waals surface area contributed by atoms with Gasteiger partial charge in [-0.15, -0.1) is 0 Å². The highest BCUT2D eigenvalue weighted by atomic mass is 16.2. The van der Waals surface area contributed by atoms with E-state index < -0.39 is 11.8 Å². The maximum atomic E-state index is 12.5. The molecule has 0 aliphatic rings. The number of amides is 3. The number of carbonyl (C=O) groups excluding carboxylic acids is 3. The monoisotopic (exact) mass is 364 g/mol. The molecule has 0 aliphatic carbocycles. The van der Waals surface area contributed by atoms with E-state index in [0.717, 1.165) is 10.9 Å². The molecule has 0 unspecified atom stereocenters. The number of nitrogens with one attached hydrogen (secondary N) is 3. The van der Waals surface area contributed by atoms with Gasteiger partial charge in [0, 0.05) is 41.8 Å². The second-order valence-electron chi connectivity index (χ2n) is 6.06. The number of aromatic nitrogens is 1. The largest absolute Gasteiger partial charge is 0.350 e. The van der Waals surface area contributed by atoms with Crippen molar-refractivity contribution in [1.29, 1.82) is 0 Å². The lowest BCUT2D eigenvalue weighted by atomic mass is 10.1. The smallest absolute Gasteiger partial charge is 0.271 e. The molecule has 1 aromatic heterocycles. The summed E-state index contributed by atoms with van der Waals surface area (Å²) in [5, 5.41) is 3.49. The second-order valence-corrected chi connectivity index (χ2v) is 6.06. The van der Waals surface area contributed by atoms with E-state index in [9.17, 15) is 14.4 Å². The van der Waals surface area contributed by atoms with Crippen molar-refractivity contribution in [1.82, 2.24) is 15.4 Å². The van der Waals surface area contributed by atoms with Gasteiger partial charge in [0.1, 0.15) is 0 Å². The summed E-state index contributed by atoms with van der Waals surface area (Å²) in [5.74, 6) is -1.02. The molecular weight excluding hydrogens is 344 g/mol.